The molecule has 154 valence electrons. The largest absolute Gasteiger partial charge is 0.375 e. The Balaban J connectivity index is 1.53. The van der Waals surface area contributed by atoms with Gasteiger partial charge in [-0.15, -0.1) is 0 Å². The zero-order valence-corrected chi connectivity index (χ0v) is 17.8. The summed E-state index contributed by atoms with van der Waals surface area (Å²) < 4.78 is 0. The summed E-state index contributed by atoms with van der Waals surface area (Å²) in [5.41, 5.74) is 4.44. The van der Waals surface area contributed by atoms with Crippen LogP contribution in [0.2, 0.25) is 0 Å². The predicted molar refractivity (Wildman–Crippen MR) is 125 cm³/mol. The van der Waals surface area contributed by atoms with E-state index < -0.39 is 0 Å². The molecule has 0 atom stereocenters. The molecule has 0 saturated carbocycles. The molecule has 0 amide bonds. The number of anilines is 1. The van der Waals surface area contributed by atoms with Crippen LogP contribution in [-0.2, 0) is 0 Å². The summed E-state index contributed by atoms with van der Waals surface area (Å²) in [7, 11) is 2.14. The van der Waals surface area contributed by atoms with Gasteiger partial charge in [-0.3, -0.25) is 0 Å². The van der Waals surface area contributed by atoms with Gasteiger partial charge < -0.3 is 4.90 Å². The van der Waals surface area contributed by atoms with Crippen molar-refractivity contribution in [3.05, 3.63) is 78.9 Å². The predicted octanol–water partition coefficient (Wildman–Crippen LogP) is 8.53. The normalized spacial score (nSPS) is 11.4. The highest BCUT2D eigenvalue weighted by Gasteiger charge is 2.01. The molecule has 0 unspecified atom stereocenters. The number of hydrogen-bond donors (Lipinski definition) is 0. The Labute approximate surface area is 179 Å². The molecule has 0 heterocycles. The molecule has 3 aromatic carbocycles. The van der Waals surface area contributed by atoms with E-state index in [0.717, 1.165) is 29.3 Å². The molecule has 0 saturated heterocycles. The fourth-order valence-corrected chi connectivity index (χ4v) is 2.99. The Morgan fingerprint density at radius 3 is 1.53 bits per heavy atom. The molecule has 3 aromatic rings. The molecule has 0 N–H and O–H groups in total. The zero-order chi connectivity index (χ0) is 21.0. The molecule has 0 aliphatic carbocycles. The Morgan fingerprint density at radius 1 is 0.567 bits per heavy atom. The van der Waals surface area contributed by atoms with Crippen LogP contribution < -0.4 is 4.90 Å². The van der Waals surface area contributed by atoms with Gasteiger partial charge >= 0.3 is 0 Å². The number of azo groups is 2. The third-order valence-electron chi connectivity index (χ3n) is 4.81. The van der Waals surface area contributed by atoms with Crippen LogP contribution in [0.25, 0.3) is 0 Å². The summed E-state index contributed by atoms with van der Waals surface area (Å²) in [5.74, 6) is 0. The Morgan fingerprint density at radius 2 is 1.03 bits per heavy atom. The summed E-state index contributed by atoms with van der Waals surface area (Å²) in [6, 6.07) is 25.4. The Kier molecular flexibility index (Phi) is 8.27. The van der Waals surface area contributed by atoms with Crippen molar-refractivity contribution in [3.8, 4) is 0 Å². The quantitative estimate of drug-likeness (QED) is 0.249. The first kappa shape index (κ1) is 21.4. The number of unbranched alkanes of at least 4 members (excludes halogenated alkanes) is 3. The van der Waals surface area contributed by atoms with Gasteiger partial charge in [-0.2, -0.15) is 20.5 Å². The van der Waals surface area contributed by atoms with Crippen LogP contribution >= 0.6 is 0 Å². The molecule has 3 rings (SSSR count). The van der Waals surface area contributed by atoms with E-state index in [4.69, 9.17) is 0 Å². The number of rotatable bonds is 10. The van der Waals surface area contributed by atoms with Crippen LogP contribution in [0.3, 0.4) is 0 Å². The lowest BCUT2D eigenvalue weighted by molar-refractivity contribution is 0.661. The second-order valence-electron chi connectivity index (χ2n) is 7.25. The summed E-state index contributed by atoms with van der Waals surface area (Å²) in [6.07, 6.45) is 5.10. The van der Waals surface area contributed by atoms with Gasteiger partial charge in [0.25, 0.3) is 0 Å². The van der Waals surface area contributed by atoms with Crippen LogP contribution in [-0.4, -0.2) is 13.6 Å². The molecule has 0 bridgehead atoms. The molecule has 0 radical (unpaired) electrons. The monoisotopic (exact) mass is 399 g/mol. The number of nitrogens with zero attached hydrogens (tertiary/aromatic N) is 5. The van der Waals surface area contributed by atoms with Crippen LogP contribution in [0.15, 0.2) is 99.3 Å². The van der Waals surface area contributed by atoms with Gasteiger partial charge in [0, 0.05) is 19.3 Å². The van der Waals surface area contributed by atoms with Crippen molar-refractivity contribution in [1.29, 1.82) is 0 Å². The van der Waals surface area contributed by atoms with E-state index in [1.165, 1.54) is 31.4 Å². The molecule has 5 heteroatoms. The van der Waals surface area contributed by atoms with Gasteiger partial charge in [0.2, 0.25) is 0 Å². The topological polar surface area (TPSA) is 52.7 Å². The maximum Gasteiger partial charge on any atom is 0.0858 e. The van der Waals surface area contributed by atoms with Gasteiger partial charge in [-0.25, -0.2) is 0 Å². The second-order valence-corrected chi connectivity index (χ2v) is 7.25. The maximum absolute atomic E-state index is 4.34. The minimum atomic E-state index is 0.782. The molecular formula is C25H29N5. The minimum absolute atomic E-state index is 0.782. The van der Waals surface area contributed by atoms with Crippen molar-refractivity contribution in [2.45, 2.75) is 32.6 Å². The van der Waals surface area contributed by atoms with Crippen molar-refractivity contribution < 1.29 is 0 Å². The fourth-order valence-electron chi connectivity index (χ4n) is 2.99. The summed E-state index contributed by atoms with van der Waals surface area (Å²) >= 11 is 0. The van der Waals surface area contributed by atoms with Crippen LogP contribution in [0, 0.1) is 0 Å². The molecule has 5 nitrogen and oxygen atoms in total. The third-order valence-corrected chi connectivity index (χ3v) is 4.81. The first-order chi connectivity index (χ1) is 14.7. The lowest BCUT2D eigenvalue weighted by atomic mass is 10.2. The lowest BCUT2D eigenvalue weighted by Crippen LogP contribution is -2.18. The molecule has 0 spiro atoms. The molecule has 0 aliphatic heterocycles. The van der Waals surface area contributed by atoms with Crippen molar-refractivity contribution in [2.75, 3.05) is 18.5 Å². The van der Waals surface area contributed by atoms with Gasteiger partial charge in [0.05, 0.1) is 22.7 Å². The standard InChI is InChI=1S/C25H29N5/c1-3-4-5-9-20-30(2)25-18-16-24(17-19-25)29-28-23-14-12-22(13-15-23)27-26-21-10-7-6-8-11-21/h6-8,10-19H,3-5,9,20H2,1-2H3. The molecule has 0 aliphatic rings. The van der Waals surface area contributed by atoms with E-state index in [-0.39, 0.29) is 0 Å². The van der Waals surface area contributed by atoms with Crippen LogP contribution in [0.5, 0.6) is 0 Å². The maximum atomic E-state index is 4.34. The molecule has 30 heavy (non-hydrogen) atoms. The SMILES string of the molecule is CCCCCCN(C)c1ccc(N=Nc2ccc(N=Nc3ccccc3)cc2)cc1. The van der Waals surface area contributed by atoms with Gasteiger partial charge in [-0.1, -0.05) is 44.4 Å². The smallest absolute Gasteiger partial charge is 0.0858 e. The molecular weight excluding hydrogens is 370 g/mol. The number of hydrogen-bond acceptors (Lipinski definition) is 5. The summed E-state index contributed by atoms with van der Waals surface area (Å²) in [5, 5.41) is 17.1. The highest BCUT2D eigenvalue weighted by molar-refractivity contribution is 5.53. The second kappa shape index (κ2) is 11.6. The Hall–Kier alpha value is -3.34. The fraction of sp³-hybridized carbons (Fsp3) is 0.280. The number of benzene rings is 3. The van der Waals surface area contributed by atoms with Crippen LogP contribution in [0.1, 0.15) is 32.6 Å². The van der Waals surface area contributed by atoms with Gasteiger partial charge in [-0.05, 0) is 67.1 Å². The average molecular weight is 400 g/mol. The van der Waals surface area contributed by atoms with Crippen molar-refractivity contribution in [1.82, 2.24) is 0 Å². The minimum Gasteiger partial charge on any atom is -0.375 e. The van der Waals surface area contributed by atoms with E-state index in [1.54, 1.807) is 0 Å². The Bertz CT molecular complexity index is 932. The van der Waals surface area contributed by atoms with Crippen molar-refractivity contribution in [2.24, 2.45) is 20.5 Å². The molecule has 0 fully saturated rings. The first-order valence-electron chi connectivity index (χ1n) is 10.5. The zero-order valence-electron chi connectivity index (χ0n) is 17.8. The molecule has 0 aromatic heterocycles. The first-order valence-corrected chi connectivity index (χ1v) is 10.5. The lowest BCUT2D eigenvalue weighted by Gasteiger charge is -2.19. The average Bonchev–Trinajstić information content (AvgIpc) is 2.81. The highest BCUT2D eigenvalue weighted by Crippen LogP contribution is 2.24. The summed E-state index contributed by atoms with van der Waals surface area (Å²) in [6.45, 7) is 3.32. The van der Waals surface area contributed by atoms with Gasteiger partial charge in [0.1, 0.15) is 0 Å². The van der Waals surface area contributed by atoms with E-state index >= 15 is 0 Å². The van der Waals surface area contributed by atoms with E-state index in [1.807, 2.05) is 66.7 Å². The van der Waals surface area contributed by atoms with Crippen molar-refractivity contribution >= 4 is 28.4 Å². The van der Waals surface area contributed by atoms with E-state index in [0.29, 0.717) is 0 Å². The summed E-state index contributed by atoms with van der Waals surface area (Å²) in [4.78, 5) is 2.29. The van der Waals surface area contributed by atoms with Crippen LogP contribution in [0.4, 0.5) is 28.4 Å². The van der Waals surface area contributed by atoms with E-state index in [9.17, 15) is 0 Å². The van der Waals surface area contributed by atoms with Crippen molar-refractivity contribution in [3.63, 3.8) is 0 Å². The van der Waals surface area contributed by atoms with E-state index in [2.05, 4.69) is 51.5 Å². The third kappa shape index (κ3) is 6.92. The van der Waals surface area contributed by atoms with Gasteiger partial charge in [0.15, 0.2) is 0 Å². The highest BCUT2D eigenvalue weighted by atomic mass is 15.1.